The van der Waals surface area contributed by atoms with E-state index in [-0.39, 0.29) is 23.4 Å². The second kappa shape index (κ2) is 5.11. The molecule has 0 amide bonds. The molecule has 0 N–H and O–H groups in total. The van der Waals surface area contributed by atoms with Crippen LogP contribution in [0.25, 0.3) is 0 Å². The number of fused-ring (bicyclic) bond motifs is 2. The van der Waals surface area contributed by atoms with E-state index in [4.69, 9.17) is 14.2 Å². The van der Waals surface area contributed by atoms with Crippen molar-refractivity contribution in [3.63, 3.8) is 0 Å². The van der Waals surface area contributed by atoms with Crippen LogP contribution in [-0.2, 0) is 14.2 Å². The van der Waals surface area contributed by atoms with Crippen LogP contribution in [0.2, 0.25) is 0 Å². The number of rotatable bonds is 4. The lowest BCUT2D eigenvalue weighted by molar-refractivity contribution is -0.110. The van der Waals surface area contributed by atoms with Gasteiger partial charge >= 0.3 is 0 Å². The third-order valence-corrected chi connectivity index (χ3v) is 5.57. The summed E-state index contributed by atoms with van der Waals surface area (Å²) in [4.78, 5) is 0. The smallest absolute Gasteiger partial charge is 0.0924 e. The monoisotopic (exact) mass is 280 g/mol. The molecular weight excluding hydrogens is 252 g/mol. The number of hydrogen-bond acceptors (Lipinski definition) is 3. The molecule has 3 rings (SSSR count). The number of hydrogen-bond donors (Lipinski definition) is 0. The molecule has 3 nitrogen and oxygen atoms in total. The van der Waals surface area contributed by atoms with Crippen LogP contribution in [0.1, 0.15) is 52.9 Å². The summed E-state index contributed by atoms with van der Waals surface area (Å²) in [6, 6.07) is 0. The molecule has 0 radical (unpaired) electrons. The normalized spacial score (nSPS) is 44.5. The van der Waals surface area contributed by atoms with Crippen LogP contribution >= 0.6 is 0 Å². The van der Waals surface area contributed by atoms with Crippen LogP contribution < -0.4 is 0 Å². The molecule has 3 heteroatoms. The van der Waals surface area contributed by atoms with Crippen LogP contribution in [0.4, 0.5) is 0 Å². The largest absolute Gasteiger partial charge is 0.372 e. The van der Waals surface area contributed by atoms with E-state index in [1.54, 1.807) is 0 Å². The van der Waals surface area contributed by atoms with Gasteiger partial charge in [-0.15, -0.1) is 0 Å². The fourth-order valence-electron chi connectivity index (χ4n) is 3.92. The second-order valence-electron chi connectivity index (χ2n) is 7.38. The minimum Gasteiger partial charge on any atom is -0.372 e. The molecule has 0 saturated carbocycles. The average Bonchev–Trinajstić information content (AvgIpc) is 2.90. The molecule has 3 saturated heterocycles. The van der Waals surface area contributed by atoms with E-state index in [1.807, 2.05) is 0 Å². The van der Waals surface area contributed by atoms with Crippen LogP contribution in [-0.4, -0.2) is 36.6 Å². The predicted molar refractivity (Wildman–Crippen MR) is 78.8 cm³/mol. The highest BCUT2D eigenvalue weighted by atomic mass is 16.6. The lowest BCUT2D eigenvalue weighted by Crippen LogP contribution is -2.40. The highest BCUT2D eigenvalue weighted by Gasteiger charge is 2.60. The third kappa shape index (κ3) is 2.44. The van der Waals surface area contributed by atoms with Crippen molar-refractivity contribution in [2.24, 2.45) is 5.92 Å². The summed E-state index contributed by atoms with van der Waals surface area (Å²) in [5, 5.41) is 0. The van der Waals surface area contributed by atoms with Crippen molar-refractivity contribution in [3.8, 4) is 0 Å². The van der Waals surface area contributed by atoms with Gasteiger partial charge in [0.2, 0.25) is 0 Å². The third-order valence-electron chi connectivity index (χ3n) is 5.57. The Hall–Kier alpha value is -0.380. The van der Waals surface area contributed by atoms with Crippen molar-refractivity contribution >= 4 is 0 Å². The molecule has 20 heavy (non-hydrogen) atoms. The van der Waals surface area contributed by atoms with Crippen molar-refractivity contribution < 1.29 is 14.2 Å². The first-order chi connectivity index (χ1) is 9.43. The first kappa shape index (κ1) is 14.6. The zero-order valence-corrected chi connectivity index (χ0v) is 13.1. The van der Waals surface area contributed by atoms with Gasteiger partial charge in [-0.2, -0.15) is 0 Å². The number of ether oxygens (including phenoxy) is 3. The van der Waals surface area contributed by atoms with Crippen molar-refractivity contribution in [1.29, 1.82) is 0 Å². The summed E-state index contributed by atoms with van der Waals surface area (Å²) in [5.41, 5.74) is 1.18. The van der Waals surface area contributed by atoms with Gasteiger partial charge in [0, 0.05) is 6.42 Å². The summed E-state index contributed by atoms with van der Waals surface area (Å²) in [7, 11) is 0. The SMILES string of the molecule is C=C1CCC(COC2CC3(C(C)C)CCC2(C)O3)OC1. The van der Waals surface area contributed by atoms with Crippen molar-refractivity contribution in [1.82, 2.24) is 0 Å². The van der Waals surface area contributed by atoms with Crippen LogP contribution in [0.15, 0.2) is 12.2 Å². The van der Waals surface area contributed by atoms with Crippen LogP contribution in [0.3, 0.4) is 0 Å². The Morgan fingerprint density at radius 1 is 1.40 bits per heavy atom. The Labute approximate surface area is 122 Å². The molecule has 2 bridgehead atoms. The van der Waals surface area contributed by atoms with Crippen molar-refractivity contribution in [2.45, 2.75) is 76.3 Å². The van der Waals surface area contributed by atoms with Gasteiger partial charge in [-0.05, 0) is 38.5 Å². The van der Waals surface area contributed by atoms with Crippen molar-refractivity contribution in [3.05, 3.63) is 12.2 Å². The molecule has 0 aromatic carbocycles. The lowest BCUT2D eigenvalue weighted by atomic mass is 9.75. The minimum absolute atomic E-state index is 0.0567. The van der Waals surface area contributed by atoms with Gasteiger partial charge in [0.1, 0.15) is 0 Å². The molecule has 4 unspecified atom stereocenters. The Morgan fingerprint density at radius 2 is 2.20 bits per heavy atom. The predicted octanol–water partition coefficient (Wildman–Crippen LogP) is 3.47. The molecule has 0 aromatic heterocycles. The van der Waals surface area contributed by atoms with E-state index in [0.29, 0.717) is 19.1 Å². The molecule has 0 aliphatic carbocycles. The van der Waals surface area contributed by atoms with E-state index in [1.165, 1.54) is 12.0 Å². The zero-order valence-electron chi connectivity index (χ0n) is 13.1. The van der Waals surface area contributed by atoms with Gasteiger partial charge in [-0.3, -0.25) is 0 Å². The van der Waals surface area contributed by atoms with Gasteiger partial charge in [0.25, 0.3) is 0 Å². The van der Waals surface area contributed by atoms with Gasteiger partial charge in [-0.1, -0.05) is 26.0 Å². The van der Waals surface area contributed by atoms with Crippen molar-refractivity contribution in [2.75, 3.05) is 13.2 Å². The molecular formula is C17H28O3. The van der Waals surface area contributed by atoms with E-state index >= 15 is 0 Å². The molecule has 3 aliphatic heterocycles. The van der Waals surface area contributed by atoms with Crippen LogP contribution in [0, 0.1) is 5.92 Å². The lowest BCUT2D eigenvalue weighted by Gasteiger charge is -2.33. The highest BCUT2D eigenvalue weighted by molar-refractivity contribution is 5.10. The maximum atomic E-state index is 6.40. The van der Waals surface area contributed by atoms with Crippen LogP contribution in [0.5, 0.6) is 0 Å². The second-order valence-corrected chi connectivity index (χ2v) is 7.38. The maximum Gasteiger partial charge on any atom is 0.0924 e. The van der Waals surface area contributed by atoms with E-state index in [0.717, 1.165) is 25.7 Å². The topological polar surface area (TPSA) is 27.7 Å². The highest BCUT2D eigenvalue weighted by Crippen LogP contribution is 2.55. The van der Waals surface area contributed by atoms with E-state index in [9.17, 15) is 0 Å². The Kier molecular flexibility index (Phi) is 3.72. The quantitative estimate of drug-likeness (QED) is 0.738. The fraction of sp³-hybridized carbons (Fsp3) is 0.882. The first-order valence-electron chi connectivity index (χ1n) is 8.04. The molecule has 4 atom stereocenters. The Balaban J connectivity index is 1.55. The van der Waals surface area contributed by atoms with Gasteiger partial charge in [-0.25, -0.2) is 0 Å². The van der Waals surface area contributed by atoms with Gasteiger partial charge < -0.3 is 14.2 Å². The van der Waals surface area contributed by atoms with Gasteiger partial charge in [0.05, 0.1) is 36.6 Å². The summed E-state index contributed by atoms with van der Waals surface area (Å²) >= 11 is 0. The van der Waals surface area contributed by atoms with E-state index < -0.39 is 0 Å². The van der Waals surface area contributed by atoms with E-state index in [2.05, 4.69) is 27.4 Å². The molecule has 114 valence electrons. The summed E-state index contributed by atoms with van der Waals surface area (Å²) < 4.78 is 18.4. The molecule has 3 fully saturated rings. The first-order valence-corrected chi connectivity index (χ1v) is 8.04. The summed E-state index contributed by atoms with van der Waals surface area (Å²) in [6.45, 7) is 12.1. The molecule has 3 heterocycles. The molecule has 0 aromatic rings. The fourth-order valence-corrected chi connectivity index (χ4v) is 3.92. The minimum atomic E-state index is -0.0808. The Bertz CT molecular complexity index is 382. The summed E-state index contributed by atoms with van der Waals surface area (Å²) in [5.74, 6) is 0.562. The average molecular weight is 280 g/mol. The Morgan fingerprint density at radius 3 is 2.80 bits per heavy atom. The molecule has 0 spiro atoms. The zero-order chi connectivity index (χ0) is 14.4. The maximum absolute atomic E-state index is 6.40. The molecule has 3 aliphatic rings. The van der Waals surface area contributed by atoms with Gasteiger partial charge in [0.15, 0.2) is 0 Å². The standard InChI is InChI=1S/C17H28O3/c1-12(2)17-8-7-16(4,20-17)15(9-17)19-11-14-6-5-13(3)10-18-14/h12,14-15H,3,5-11H2,1-2,4H3. The summed E-state index contributed by atoms with van der Waals surface area (Å²) in [6.07, 6.45) is 5.92.